The number of carbonyl (C=O) groups excluding carboxylic acids is 1. The summed E-state index contributed by atoms with van der Waals surface area (Å²) in [6, 6.07) is 10.4. The highest BCUT2D eigenvalue weighted by molar-refractivity contribution is 5.84. The minimum atomic E-state index is -0.203. The second-order valence-corrected chi connectivity index (χ2v) is 6.90. The number of nitrogens with one attached hydrogen (secondary N) is 1. The van der Waals surface area contributed by atoms with Crippen LogP contribution >= 0.6 is 0 Å². The molecule has 0 aliphatic heterocycles. The van der Waals surface area contributed by atoms with Gasteiger partial charge in [-0.1, -0.05) is 56.5 Å². The van der Waals surface area contributed by atoms with E-state index in [9.17, 15) is 4.79 Å². The molecular formula is C21H31N3O. The van der Waals surface area contributed by atoms with Gasteiger partial charge in [0.15, 0.2) is 0 Å². The number of rotatable bonds is 8. The molecule has 0 aliphatic carbocycles. The van der Waals surface area contributed by atoms with Gasteiger partial charge in [-0.05, 0) is 32.8 Å². The molecule has 0 bridgehead atoms. The number of hydrogen-bond donors (Lipinski definition) is 1. The first-order valence-corrected chi connectivity index (χ1v) is 9.31. The van der Waals surface area contributed by atoms with Crippen LogP contribution in [0.25, 0.3) is 0 Å². The van der Waals surface area contributed by atoms with Crippen molar-refractivity contribution >= 4 is 5.91 Å². The van der Waals surface area contributed by atoms with Crippen LogP contribution in [0.3, 0.4) is 0 Å². The maximum absolute atomic E-state index is 12.9. The average Bonchev–Trinajstić information content (AvgIpc) is 2.86. The summed E-state index contributed by atoms with van der Waals surface area (Å²) in [4.78, 5) is 12.9. The molecule has 1 aromatic carbocycles. The monoisotopic (exact) mass is 341 g/mol. The molecule has 0 saturated heterocycles. The molecule has 25 heavy (non-hydrogen) atoms. The highest BCUT2D eigenvalue weighted by Crippen LogP contribution is 2.26. The van der Waals surface area contributed by atoms with Crippen LogP contribution in [0.1, 0.15) is 74.0 Å². The normalized spacial score (nSPS) is 13.5. The summed E-state index contributed by atoms with van der Waals surface area (Å²) in [5, 5.41) is 7.73. The molecule has 4 nitrogen and oxygen atoms in total. The lowest BCUT2D eigenvalue weighted by Gasteiger charge is -2.22. The minimum absolute atomic E-state index is 0.0694. The van der Waals surface area contributed by atoms with Crippen LogP contribution in [0.5, 0.6) is 0 Å². The molecule has 0 aliphatic rings. The Bertz CT molecular complexity index is 691. The number of unbranched alkanes of at least 4 members (excludes halogenated alkanes) is 2. The number of hydrogen-bond acceptors (Lipinski definition) is 2. The zero-order valence-corrected chi connectivity index (χ0v) is 16.2. The summed E-state index contributed by atoms with van der Waals surface area (Å²) in [6.07, 6.45) is 4.46. The molecule has 0 fully saturated rings. The first-order chi connectivity index (χ1) is 12.0. The van der Waals surface area contributed by atoms with Crippen molar-refractivity contribution in [1.82, 2.24) is 15.1 Å². The number of aromatic nitrogens is 2. The third-order valence-electron chi connectivity index (χ3n) is 5.01. The molecule has 2 atom stereocenters. The minimum Gasteiger partial charge on any atom is -0.349 e. The highest BCUT2D eigenvalue weighted by Gasteiger charge is 2.24. The van der Waals surface area contributed by atoms with E-state index in [1.165, 1.54) is 18.4 Å². The van der Waals surface area contributed by atoms with Crippen LogP contribution in [-0.2, 0) is 11.8 Å². The van der Waals surface area contributed by atoms with E-state index in [2.05, 4.69) is 29.5 Å². The Hall–Kier alpha value is -2.10. The number of benzene rings is 1. The molecule has 2 rings (SSSR count). The summed E-state index contributed by atoms with van der Waals surface area (Å²) in [6.45, 7) is 8.17. The average molecular weight is 341 g/mol. The first-order valence-electron chi connectivity index (χ1n) is 9.31. The van der Waals surface area contributed by atoms with E-state index >= 15 is 0 Å². The van der Waals surface area contributed by atoms with Crippen LogP contribution in [0.15, 0.2) is 30.3 Å². The van der Waals surface area contributed by atoms with Gasteiger partial charge in [0, 0.05) is 18.3 Å². The molecule has 2 aromatic rings. The summed E-state index contributed by atoms with van der Waals surface area (Å²) in [5.74, 6) is -0.129. The number of aryl methyl sites for hydroxylation is 2. The van der Waals surface area contributed by atoms with Crippen molar-refractivity contribution in [2.45, 2.75) is 65.3 Å². The molecule has 0 radical (unpaired) electrons. The van der Waals surface area contributed by atoms with E-state index in [0.29, 0.717) is 0 Å². The maximum Gasteiger partial charge on any atom is 0.227 e. The molecule has 1 N–H and O–H groups in total. The van der Waals surface area contributed by atoms with Crippen molar-refractivity contribution in [2.75, 3.05) is 0 Å². The fourth-order valence-electron chi connectivity index (χ4n) is 3.45. The molecule has 0 spiro atoms. The Morgan fingerprint density at radius 3 is 2.44 bits per heavy atom. The molecule has 1 amide bonds. The van der Waals surface area contributed by atoms with E-state index in [1.807, 2.05) is 50.7 Å². The molecule has 1 aromatic heterocycles. The van der Waals surface area contributed by atoms with Gasteiger partial charge in [0.05, 0.1) is 17.7 Å². The molecular weight excluding hydrogens is 310 g/mol. The van der Waals surface area contributed by atoms with Crippen molar-refractivity contribution in [3.8, 4) is 0 Å². The van der Waals surface area contributed by atoms with Gasteiger partial charge < -0.3 is 5.32 Å². The zero-order chi connectivity index (χ0) is 18.4. The predicted octanol–water partition coefficient (Wildman–Crippen LogP) is 4.58. The zero-order valence-electron chi connectivity index (χ0n) is 16.2. The van der Waals surface area contributed by atoms with Crippen molar-refractivity contribution in [1.29, 1.82) is 0 Å². The van der Waals surface area contributed by atoms with Gasteiger partial charge in [-0.2, -0.15) is 5.10 Å². The van der Waals surface area contributed by atoms with E-state index in [1.54, 1.807) is 0 Å². The van der Waals surface area contributed by atoms with Crippen LogP contribution in [-0.4, -0.2) is 15.7 Å². The van der Waals surface area contributed by atoms with E-state index in [4.69, 9.17) is 0 Å². The van der Waals surface area contributed by atoms with Crippen molar-refractivity contribution in [3.63, 3.8) is 0 Å². The maximum atomic E-state index is 12.9. The third kappa shape index (κ3) is 4.71. The lowest BCUT2D eigenvalue weighted by molar-refractivity contribution is -0.123. The number of carbonyl (C=O) groups is 1. The van der Waals surface area contributed by atoms with Crippen LogP contribution in [0.4, 0.5) is 0 Å². The summed E-state index contributed by atoms with van der Waals surface area (Å²) < 4.78 is 1.85. The third-order valence-corrected chi connectivity index (χ3v) is 5.01. The largest absolute Gasteiger partial charge is 0.349 e. The SMILES string of the molecule is CCCCCC(NC(=O)C(C)c1c(C)nn(C)c1C)c1ccccc1. The first kappa shape index (κ1) is 19.2. The van der Waals surface area contributed by atoms with E-state index in [0.717, 1.165) is 29.8 Å². The van der Waals surface area contributed by atoms with Gasteiger partial charge in [0.1, 0.15) is 0 Å². The predicted molar refractivity (Wildman–Crippen MR) is 103 cm³/mol. The van der Waals surface area contributed by atoms with Gasteiger partial charge >= 0.3 is 0 Å². The Balaban J connectivity index is 2.15. The van der Waals surface area contributed by atoms with Crippen molar-refractivity contribution in [2.24, 2.45) is 7.05 Å². The lowest BCUT2D eigenvalue weighted by atomic mass is 9.95. The van der Waals surface area contributed by atoms with Crippen molar-refractivity contribution in [3.05, 3.63) is 52.8 Å². The fourth-order valence-corrected chi connectivity index (χ4v) is 3.45. The van der Waals surface area contributed by atoms with Crippen LogP contribution in [0, 0.1) is 13.8 Å². The lowest BCUT2D eigenvalue weighted by Crippen LogP contribution is -2.32. The van der Waals surface area contributed by atoms with Gasteiger partial charge in [-0.25, -0.2) is 0 Å². The highest BCUT2D eigenvalue weighted by atomic mass is 16.1. The second-order valence-electron chi connectivity index (χ2n) is 6.90. The molecule has 2 unspecified atom stereocenters. The Kier molecular flexibility index (Phi) is 6.80. The molecule has 4 heteroatoms. The molecule has 136 valence electrons. The van der Waals surface area contributed by atoms with Gasteiger partial charge in [0.25, 0.3) is 0 Å². The quantitative estimate of drug-likeness (QED) is 0.715. The second kappa shape index (κ2) is 8.84. The topological polar surface area (TPSA) is 46.9 Å². The Labute approximate surface area is 151 Å². The Morgan fingerprint density at radius 1 is 1.20 bits per heavy atom. The summed E-state index contributed by atoms with van der Waals surface area (Å²) >= 11 is 0. The number of nitrogens with zero attached hydrogens (tertiary/aromatic N) is 2. The van der Waals surface area contributed by atoms with Gasteiger partial charge in [-0.15, -0.1) is 0 Å². The van der Waals surface area contributed by atoms with Gasteiger partial charge in [-0.3, -0.25) is 9.48 Å². The standard InChI is InChI=1S/C21H31N3O/c1-6-7-9-14-19(18-12-10-8-11-13-18)22-21(25)15(2)20-16(3)23-24(5)17(20)4/h8,10-13,15,19H,6-7,9,14H2,1-5H3,(H,22,25). The van der Waals surface area contributed by atoms with Gasteiger partial charge in [0.2, 0.25) is 5.91 Å². The fraction of sp³-hybridized carbons (Fsp3) is 0.524. The number of amides is 1. The summed E-state index contributed by atoms with van der Waals surface area (Å²) in [7, 11) is 1.92. The smallest absolute Gasteiger partial charge is 0.227 e. The van der Waals surface area contributed by atoms with Crippen molar-refractivity contribution < 1.29 is 4.79 Å². The van der Waals surface area contributed by atoms with Crippen LogP contribution < -0.4 is 5.32 Å². The summed E-state index contributed by atoms with van der Waals surface area (Å²) in [5.41, 5.74) is 4.21. The molecule has 0 saturated carbocycles. The van der Waals surface area contributed by atoms with E-state index in [-0.39, 0.29) is 17.9 Å². The van der Waals surface area contributed by atoms with E-state index < -0.39 is 0 Å². The molecule has 1 heterocycles. The van der Waals surface area contributed by atoms with Crippen LogP contribution in [0.2, 0.25) is 0 Å². The Morgan fingerprint density at radius 2 is 1.88 bits per heavy atom.